The third-order valence-electron chi connectivity index (χ3n) is 4.47. The minimum absolute atomic E-state index is 0.148. The zero-order valence-corrected chi connectivity index (χ0v) is 14.2. The maximum absolute atomic E-state index is 12.7. The summed E-state index contributed by atoms with van der Waals surface area (Å²) in [5.41, 5.74) is 1.96. The lowest BCUT2D eigenvalue weighted by atomic mass is 9.90. The molecule has 0 fully saturated rings. The Balaban J connectivity index is 2.09. The highest BCUT2D eigenvalue weighted by atomic mass is 35.5. The number of rotatable bonds is 3. The fraction of sp³-hybridized carbons (Fsp3) is 0.263. The van der Waals surface area contributed by atoms with Gasteiger partial charge in [0, 0.05) is 18.1 Å². The predicted molar refractivity (Wildman–Crippen MR) is 95.6 cm³/mol. The molecule has 0 saturated carbocycles. The molecule has 0 saturated heterocycles. The van der Waals surface area contributed by atoms with Crippen molar-refractivity contribution < 1.29 is 0 Å². The van der Waals surface area contributed by atoms with Crippen LogP contribution >= 0.6 is 11.6 Å². The van der Waals surface area contributed by atoms with Gasteiger partial charge in [-0.1, -0.05) is 44.5 Å². The fourth-order valence-electron chi connectivity index (χ4n) is 2.67. The number of aromatic nitrogens is 2. The van der Waals surface area contributed by atoms with Gasteiger partial charge in [-0.3, -0.25) is 9.36 Å². The molecule has 0 radical (unpaired) electrons. The van der Waals surface area contributed by atoms with E-state index in [9.17, 15) is 4.79 Å². The Morgan fingerprint density at radius 3 is 2.39 bits per heavy atom. The van der Waals surface area contributed by atoms with Crippen LogP contribution in [0.5, 0.6) is 0 Å². The number of hydrogen-bond acceptors (Lipinski definition) is 2. The second-order valence-electron chi connectivity index (χ2n) is 6.18. The molecule has 0 aliphatic rings. The smallest absolute Gasteiger partial charge is 0.266 e. The van der Waals surface area contributed by atoms with Crippen molar-refractivity contribution >= 4 is 22.4 Å². The molecule has 0 aliphatic carbocycles. The van der Waals surface area contributed by atoms with Crippen LogP contribution < -0.4 is 5.56 Å². The lowest BCUT2D eigenvalue weighted by Crippen LogP contribution is -2.18. The van der Waals surface area contributed by atoms with E-state index in [1.54, 1.807) is 23.0 Å². The van der Waals surface area contributed by atoms with E-state index in [4.69, 9.17) is 11.6 Å². The predicted octanol–water partition coefficient (Wildman–Crippen LogP) is 4.80. The van der Waals surface area contributed by atoms with Crippen LogP contribution in [0, 0.1) is 5.92 Å². The maximum Gasteiger partial charge on any atom is 0.266 e. The van der Waals surface area contributed by atoms with Gasteiger partial charge in [-0.05, 0) is 47.1 Å². The van der Waals surface area contributed by atoms with Gasteiger partial charge in [0.15, 0.2) is 0 Å². The summed E-state index contributed by atoms with van der Waals surface area (Å²) in [5, 5.41) is 1.50. The number of halogens is 1. The van der Waals surface area contributed by atoms with Crippen molar-refractivity contribution in [2.75, 3.05) is 0 Å². The summed E-state index contributed by atoms with van der Waals surface area (Å²) in [6, 6.07) is 11.8. The average molecular weight is 327 g/mol. The van der Waals surface area contributed by atoms with E-state index in [1.165, 1.54) is 5.56 Å². The van der Waals surface area contributed by atoms with Crippen LogP contribution in [0.3, 0.4) is 0 Å². The molecule has 118 valence electrons. The van der Waals surface area contributed by atoms with Gasteiger partial charge in [0.1, 0.15) is 5.15 Å². The van der Waals surface area contributed by atoms with E-state index >= 15 is 0 Å². The van der Waals surface area contributed by atoms with Gasteiger partial charge in [0.25, 0.3) is 5.56 Å². The van der Waals surface area contributed by atoms with Crippen molar-refractivity contribution in [3.63, 3.8) is 0 Å². The number of benzene rings is 1. The Labute approximate surface area is 140 Å². The zero-order chi connectivity index (χ0) is 16.6. The first-order chi connectivity index (χ1) is 11.0. The van der Waals surface area contributed by atoms with Crippen molar-refractivity contribution in [3.05, 3.63) is 69.9 Å². The summed E-state index contributed by atoms with van der Waals surface area (Å²) in [6.07, 6.45) is 3.39. The molecule has 0 amide bonds. The van der Waals surface area contributed by atoms with Gasteiger partial charge >= 0.3 is 0 Å². The molecular weight excluding hydrogens is 308 g/mol. The summed E-state index contributed by atoms with van der Waals surface area (Å²) >= 11 is 6.10. The molecule has 2 heterocycles. The van der Waals surface area contributed by atoms with E-state index in [0.717, 1.165) is 11.1 Å². The molecule has 23 heavy (non-hydrogen) atoms. The van der Waals surface area contributed by atoms with Crippen molar-refractivity contribution in [1.29, 1.82) is 0 Å². The minimum atomic E-state index is -0.148. The van der Waals surface area contributed by atoms with Gasteiger partial charge in [0.05, 0.1) is 5.39 Å². The lowest BCUT2D eigenvalue weighted by molar-refractivity contribution is 0.535. The Morgan fingerprint density at radius 1 is 1.04 bits per heavy atom. The third-order valence-corrected chi connectivity index (χ3v) is 4.76. The first-order valence-corrected chi connectivity index (χ1v) is 8.13. The number of hydrogen-bond donors (Lipinski definition) is 0. The number of pyridine rings is 2. The SMILES string of the molecule is CC(C)C(C)c1ccc(-n2ccc3ccnc(Cl)c3c2=O)cc1. The number of nitrogens with zero attached hydrogens (tertiary/aromatic N) is 2. The van der Waals surface area contributed by atoms with E-state index in [2.05, 4.69) is 37.9 Å². The van der Waals surface area contributed by atoms with Crippen molar-refractivity contribution in [1.82, 2.24) is 9.55 Å². The summed E-state index contributed by atoms with van der Waals surface area (Å²) in [7, 11) is 0. The quantitative estimate of drug-likeness (QED) is 0.648. The molecule has 1 unspecified atom stereocenters. The number of fused-ring (bicyclic) bond motifs is 1. The van der Waals surface area contributed by atoms with E-state index in [-0.39, 0.29) is 10.7 Å². The summed E-state index contributed by atoms with van der Waals surface area (Å²) < 4.78 is 1.61. The van der Waals surface area contributed by atoms with Crippen LogP contribution in [-0.4, -0.2) is 9.55 Å². The zero-order valence-electron chi connectivity index (χ0n) is 13.5. The van der Waals surface area contributed by atoms with Gasteiger partial charge < -0.3 is 0 Å². The fourth-order valence-corrected chi connectivity index (χ4v) is 2.92. The third kappa shape index (κ3) is 2.89. The molecule has 0 N–H and O–H groups in total. The molecule has 3 nitrogen and oxygen atoms in total. The van der Waals surface area contributed by atoms with Gasteiger partial charge in [-0.15, -0.1) is 0 Å². The molecule has 0 spiro atoms. The highest BCUT2D eigenvalue weighted by molar-refractivity contribution is 6.34. The van der Waals surface area contributed by atoms with Crippen LogP contribution in [-0.2, 0) is 0 Å². The molecule has 2 aromatic heterocycles. The highest BCUT2D eigenvalue weighted by Crippen LogP contribution is 2.24. The molecule has 1 aromatic carbocycles. The second kappa shape index (κ2) is 6.17. The van der Waals surface area contributed by atoms with E-state index in [0.29, 0.717) is 17.2 Å². The van der Waals surface area contributed by atoms with Crippen molar-refractivity contribution in [3.8, 4) is 5.69 Å². The van der Waals surface area contributed by atoms with E-state index < -0.39 is 0 Å². The largest absolute Gasteiger partial charge is 0.284 e. The Hall–Kier alpha value is -2.13. The molecule has 4 heteroatoms. The van der Waals surface area contributed by atoms with Gasteiger partial charge in [0.2, 0.25) is 0 Å². The minimum Gasteiger partial charge on any atom is -0.284 e. The Kier molecular flexibility index (Phi) is 4.22. The molecule has 0 aliphatic heterocycles. The topological polar surface area (TPSA) is 34.9 Å². The van der Waals surface area contributed by atoms with Gasteiger partial charge in [-0.2, -0.15) is 0 Å². The van der Waals surface area contributed by atoms with Crippen LogP contribution in [0.4, 0.5) is 0 Å². The van der Waals surface area contributed by atoms with Crippen molar-refractivity contribution in [2.45, 2.75) is 26.7 Å². The Bertz CT molecular complexity index is 897. The van der Waals surface area contributed by atoms with E-state index in [1.807, 2.05) is 18.2 Å². The molecular formula is C19H19ClN2O. The average Bonchev–Trinajstić information content (AvgIpc) is 2.54. The van der Waals surface area contributed by atoms with Gasteiger partial charge in [-0.25, -0.2) is 4.98 Å². The molecule has 3 aromatic rings. The molecule has 0 bridgehead atoms. The van der Waals surface area contributed by atoms with Crippen LogP contribution in [0.25, 0.3) is 16.5 Å². The monoisotopic (exact) mass is 326 g/mol. The maximum atomic E-state index is 12.7. The Morgan fingerprint density at radius 2 is 1.74 bits per heavy atom. The second-order valence-corrected chi connectivity index (χ2v) is 6.54. The summed E-state index contributed by atoms with van der Waals surface area (Å²) in [5.74, 6) is 1.06. The molecule has 3 rings (SSSR count). The lowest BCUT2D eigenvalue weighted by Gasteiger charge is -2.16. The van der Waals surface area contributed by atoms with Crippen LogP contribution in [0.1, 0.15) is 32.3 Å². The normalized spacial score (nSPS) is 12.7. The van der Waals surface area contributed by atoms with Crippen LogP contribution in [0.2, 0.25) is 5.15 Å². The highest BCUT2D eigenvalue weighted by Gasteiger charge is 2.11. The first kappa shape index (κ1) is 15.8. The standard InChI is InChI=1S/C19H19ClN2O/c1-12(2)13(3)14-4-6-16(7-5-14)22-11-9-15-8-10-21-18(20)17(15)19(22)23/h4-13H,1-3H3. The van der Waals surface area contributed by atoms with Crippen LogP contribution in [0.15, 0.2) is 53.6 Å². The first-order valence-electron chi connectivity index (χ1n) is 7.75. The van der Waals surface area contributed by atoms with Crippen molar-refractivity contribution in [2.24, 2.45) is 5.92 Å². The molecule has 1 atom stereocenters. The summed E-state index contributed by atoms with van der Waals surface area (Å²) in [4.78, 5) is 16.7. The summed E-state index contributed by atoms with van der Waals surface area (Å²) in [6.45, 7) is 6.64.